The van der Waals surface area contributed by atoms with Crippen LogP contribution in [-0.2, 0) is 27.3 Å². The van der Waals surface area contributed by atoms with Crippen molar-refractivity contribution >= 4 is 23.2 Å². The maximum absolute atomic E-state index is 11.7. The third kappa shape index (κ3) is 2.85. The van der Waals surface area contributed by atoms with Crippen LogP contribution in [0.4, 0.5) is 0 Å². The summed E-state index contributed by atoms with van der Waals surface area (Å²) in [6.45, 7) is 0.244. The number of ether oxygens (including phenoxy) is 1. The number of fused-ring (bicyclic) bond motifs is 1. The summed E-state index contributed by atoms with van der Waals surface area (Å²) in [4.78, 5) is 26.8. The van der Waals surface area contributed by atoms with Gasteiger partial charge in [-0.1, -0.05) is 18.2 Å². The molecule has 23 heavy (non-hydrogen) atoms. The zero-order valence-corrected chi connectivity index (χ0v) is 12.7. The molecule has 5 heteroatoms. The monoisotopic (exact) mass is 308 g/mol. The summed E-state index contributed by atoms with van der Waals surface area (Å²) in [5.41, 5.74) is 3.71. The van der Waals surface area contributed by atoms with Gasteiger partial charge < -0.3 is 14.1 Å². The molecule has 2 heterocycles. The summed E-state index contributed by atoms with van der Waals surface area (Å²) in [5, 5.41) is 0.952. The lowest BCUT2D eigenvalue weighted by Crippen LogP contribution is -2.04. The molecule has 3 rings (SSSR count). The van der Waals surface area contributed by atoms with Crippen LogP contribution in [-0.4, -0.2) is 28.9 Å². The van der Waals surface area contributed by atoms with Crippen molar-refractivity contribution in [3.05, 3.63) is 54.5 Å². The van der Waals surface area contributed by atoms with E-state index in [1.54, 1.807) is 12.4 Å². The van der Waals surface area contributed by atoms with Gasteiger partial charge in [-0.25, -0.2) is 0 Å². The van der Waals surface area contributed by atoms with Crippen LogP contribution in [0.5, 0.6) is 0 Å². The summed E-state index contributed by atoms with van der Waals surface area (Å²) in [7, 11) is 1.37. The van der Waals surface area contributed by atoms with Crippen LogP contribution in [0.3, 0.4) is 0 Å². The molecule has 0 N–H and O–H groups in total. The highest BCUT2D eigenvalue weighted by Crippen LogP contribution is 2.32. The van der Waals surface area contributed by atoms with Crippen molar-refractivity contribution in [1.29, 1.82) is 0 Å². The number of pyridine rings is 1. The van der Waals surface area contributed by atoms with Gasteiger partial charge in [-0.15, -0.1) is 0 Å². The number of benzene rings is 1. The van der Waals surface area contributed by atoms with Crippen LogP contribution in [0.1, 0.15) is 5.56 Å². The predicted molar refractivity (Wildman–Crippen MR) is 87.0 cm³/mol. The Labute approximate surface area is 133 Å². The fourth-order valence-electron chi connectivity index (χ4n) is 2.79. The molecule has 1 aromatic carbocycles. The number of hydrogen-bond acceptors (Lipinski definition) is 4. The minimum Gasteiger partial charge on any atom is -0.469 e. The van der Waals surface area contributed by atoms with Gasteiger partial charge in [0, 0.05) is 35.1 Å². The highest BCUT2D eigenvalue weighted by molar-refractivity contribution is 5.99. The van der Waals surface area contributed by atoms with Gasteiger partial charge in [0.05, 0.1) is 20.1 Å². The fourth-order valence-corrected chi connectivity index (χ4v) is 2.79. The van der Waals surface area contributed by atoms with E-state index in [-0.39, 0.29) is 18.9 Å². The van der Waals surface area contributed by atoms with E-state index in [0.29, 0.717) is 0 Å². The second-order valence-electron chi connectivity index (χ2n) is 5.17. The number of aldehydes is 1. The number of aromatic nitrogens is 2. The number of hydrogen-bond donors (Lipinski definition) is 0. The minimum absolute atomic E-state index is 0.163. The summed E-state index contributed by atoms with van der Waals surface area (Å²) in [5.74, 6) is -0.309. The molecule has 0 saturated heterocycles. The fraction of sp³-hybridized carbons (Fsp3) is 0.167. The van der Waals surface area contributed by atoms with Crippen molar-refractivity contribution in [3.63, 3.8) is 0 Å². The highest BCUT2D eigenvalue weighted by atomic mass is 16.5. The first-order valence-corrected chi connectivity index (χ1v) is 7.26. The molecule has 0 aliphatic carbocycles. The van der Waals surface area contributed by atoms with Crippen LogP contribution in [0, 0.1) is 0 Å². The standard InChI is InChI=1S/C18H16N2O3/c1-23-17(22)10-14-12-20(8-9-21)16-6-2-5-15(18(14)16)13-4-3-7-19-11-13/h2-7,9,11-12H,8,10H2,1H3. The SMILES string of the molecule is COC(=O)Cc1cn(CC=O)c2cccc(-c3cccnc3)c12. The molecule has 0 unspecified atom stereocenters. The van der Waals surface area contributed by atoms with E-state index in [9.17, 15) is 9.59 Å². The normalized spacial score (nSPS) is 10.7. The van der Waals surface area contributed by atoms with E-state index in [0.717, 1.165) is 33.9 Å². The molecule has 0 atom stereocenters. The number of esters is 1. The van der Waals surface area contributed by atoms with Crippen LogP contribution in [0.15, 0.2) is 48.9 Å². The first kappa shape index (κ1) is 15.0. The first-order chi connectivity index (χ1) is 11.2. The summed E-state index contributed by atoms with van der Waals surface area (Å²) >= 11 is 0. The molecule has 0 spiro atoms. The third-order valence-corrected chi connectivity index (χ3v) is 3.79. The number of rotatable bonds is 5. The molecule has 0 aliphatic rings. The van der Waals surface area contributed by atoms with Crippen molar-refractivity contribution in [2.45, 2.75) is 13.0 Å². The number of nitrogens with zero attached hydrogens (tertiary/aromatic N) is 2. The van der Waals surface area contributed by atoms with Crippen LogP contribution >= 0.6 is 0 Å². The average Bonchev–Trinajstić information content (AvgIpc) is 2.94. The molecule has 0 saturated carbocycles. The lowest BCUT2D eigenvalue weighted by Gasteiger charge is -2.06. The Hall–Kier alpha value is -2.95. The summed E-state index contributed by atoms with van der Waals surface area (Å²) < 4.78 is 6.64. The zero-order chi connectivity index (χ0) is 16.2. The van der Waals surface area contributed by atoms with Gasteiger partial charge in [-0.05, 0) is 23.3 Å². The highest BCUT2D eigenvalue weighted by Gasteiger charge is 2.16. The van der Waals surface area contributed by atoms with E-state index in [1.165, 1.54) is 7.11 Å². The van der Waals surface area contributed by atoms with Crippen molar-refractivity contribution in [1.82, 2.24) is 9.55 Å². The van der Waals surface area contributed by atoms with Crippen molar-refractivity contribution in [2.75, 3.05) is 7.11 Å². The zero-order valence-electron chi connectivity index (χ0n) is 12.7. The van der Waals surface area contributed by atoms with Crippen LogP contribution in [0.25, 0.3) is 22.0 Å². The molecule has 3 aromatic rings. The van der Waals surface area contributed by atoms with Crippen molar-refractivity contribution in [2.24, 2.45) is 0 Å². The number of methoxy groups -OCH3 is 1. The van der Waals surface area contributed by atoms with E-state index in [2.05, 4.69) is 4.98 Å². The minimum atomic E-state index is -0.309. The van der Waals surface area contributed by atoms with Crippen molar-refractivity contribution in [3.8, 4) is 11.1 Å². The Bertz CT molecular complexity index is 853. The largest absolute Gasteiger partial charge is 0.469 e. The molecule has 0 fully saturated rings. The maximum atomic E-state index is 11.7. The lowest BCUT2D eigenvalue weighted by molar-refractivity contribution is -0.139. The molecular weight excluding hydrogens is 292 g/mol. The molecule has 0 amide bonds. The number of carbonyl (C=O) groups excluding carboxylic acids is 2. The molecule has 116 valence electrons. The Kier molecular flexibility index (Phi) is 4.19. The van der Waals surface area contributed by atoms with Gasteiger partial charge in [-0.2, -0.15) is 0 Å². The Morgan fingerprint density at radius 3 is 2.87 bits per heavy atom. The maximum Gasteiger partial charge on any atom is 0.310 e. The average molecular weight is 308 g/mol. The second-order valence-corrected chi connectivity index (χ2v) is 5.17. The van der Waals surface area contributed by atoms with Gasteiger partial charge >= 0.3 is 5.97 Å². The van der Waals surface area contributed by atoms with Gasteiger partial charge in [0.25, 0.3) is 0 Å². The molecule has 2 aromatic heterocycles. The van der Waals surface area contributed by atoms with Crippen LogP contribution < -0.4 is 0 Å². The molecule has 0 aliphatic heterocycles. The van der Waals surface area contributed by atoms with E-state index in [4.69, 9.17) is 4.74 Å². The van der Waals surface area contributed by atoms with Gasteiger partial charge in [0.2, 0.25) is 0 Å². The van der Waals surface area contributed by atoms with Crippen LogP contribution in [0.2, 0.25) is 0 Å². The van der Waals surface area contributed by atoms with Gasteiger partial charge in [0.1, 0.15) is 6.29 Å². The summed E-state index contributed by atoms with van der Waals surface area (Å²) in [6.07, 6.45) is 6.36. The number of carbonyl (C=O) groups is 2. The van der Waals surface area contributed by atoms with E-state index < -0.39 is 0 Å². The first-order valence-electron chi connectivity index (χ1n) is 7.26. The van der Waals surface area contributed by atoms with E-state index in [1.807, 2.05) is 41.1 Å². The van der Waals surface area contributed by atoms with Gasteiger partial charge in [-0.3, -0.25) is 9.78 Å². The Morgan fingerprint density at radius 1 is 1.30 bits per heavy atom. The topological polar surface area (TPSA) is 61.2 Å². The Morgan fingerprint density at radius 2 is 2.17 bits per heavy atom. The summed E-state index contributed by atoms with van der Waals surface area (Å²) in [6, 6.07) is 9.72. The lowest BCUT2D eigenvalue weighted by atomic mass is 9.99. The smallest absolute Gasteiger partial charge is 0.310 e. The quantitative estimate of drug-likeness (QED) is 0.537. The molecule has 0 radical (unpaired) electrons. The molecule has 5 nitrogen and oxygen atoms in total. The predicted octanol–water partition coefficient (Wildman–Crippen LogP) is 2.62. The molecular formula is C18H16N2O3. The molecule has 0 bridgehead atoms. The van der Waals surface area contributed by atoms with Crippen molar-refractivity contribution < 1.29 is 14.3 Å². The second kappa shape index (κ2) is 6.44. The Balaban J connectivity index is 2.24. The third-order valence-electron chi connectivity index (χ3n) is 3.79. The van der Waals surface area contributed by atoms with Gasteiger partial charge in [0.15, 0.2) is 0 Å². The van der Waals surface area contributed by atoms with E-state index >= 15 is 0 Å².